The highest BCUT2D eigenvalue weighted by molar-refractivity contribution is 5.95. The number of hydrogen-bond donors (Lipinski definition) is 2. The molecular formula is C15H14N2O3. The van der Waals surface area contributed by atoms with E-state index in [1.54, 1.807) is 37.4 Å². The summed E-state index contributed by atoms with van der Waals surface area (Å²) in [5.41, 5.74) is 1.96. The molecule has 0 spiro atoms. The van der Waals surface area contributed by atoms with Gasteiger partial charge in [-0.05, 0) is 36.8 Å². The second-order valence-electron chi connectivity index (χ2n) is 4.38. The highest BCUT2D eigenvalue weighted by Crippen LogP contribution is 2.15. The molecule has 0 bridgehead atoms. The van der Waals surface area contributed by atoms with Crippen molar-refractivity contribution in [3.8, 4) is 0 Å². The fourth-order valence-corrected chi connectivity index (χ4v) is 1.80. The predicted octanol–water partition coefficient (Wildman–Crippen LogP) is 2.27. The first-order chi connectivity index (χ1) is 9.56. The quantitative estimate of drug-likeness (QED) is 0.893. The van der Waals surface area contributed by atoms with Crippen LogP contribution in [0.5, 0.6) is 0 Å². The summed E-state index contributed by atoms with van der Waals surface area (Å²) in [5, 5.41) is 11.7. The SMILES string of the molecule is Cc1ccc(NC(=O)Cc2ccccn2)cc1C(=O)O. The Hall–Kier alpha value is -2.69. The van der Waals surface area contributed by atoms with Crippen LogP contribution in [0.2, 0.25) is 0 Å². The van der Waals surface area contributed by atoms with Crippen LogP contribution < -0.4 is 5.32 Å². The summed E-state index contributed by atoms with van der Waals surface area (Å²) < 4.78 is 0. The number of amides is 1. The number of nitrogens with zero attached hydrogens (tertiary/aromatic N) is 1. The normalized spacial score (nSPS) is 10.1. The van der Waals surface area contributed by atoms with Gasteiger partial charge in [0.2, 0.25) is 5.91 Å². The van der Waals surface area contributed by atoms with Gasteiger partial charge in [-0.3, -0.25) is 9.78 Å². The number of aromatic carboxylic acids is 1. The van der Waals surface area contributed by atoms with Gasteiger partial charge < -0.3 is 10.4 Å². The minimum atomic E-state index is -1.01. The first kappa shape index (κ1) is 13.7. The van der Waals surface area contributed by atoms with Crippen LogP contribution in [-0.4, -0.2) is 22.0 Å². The highest BCUT2D eigenvalue weighted by Gasteiger charge is 2.10. The van der Waals surface area contributed by atoms with Gasteiger partial charge in [-0.25, -0.2) is 4.79 Å². The van der Waals surface area contributed by atoms with Crippen LogP contribution in [0.3, 0.4) is 0 Å². The Labute approximate surface area is 116 Å². The van der Waals surface area contributed by atoms with E-state index in [1.165, 1.54) is 6.07 Å². The number of benzene rings is 1. The van der Waals surface area contributed by atoms with Gasteiger partial charge in [0, 0.05) is 17.6 Å². The van der Waals surface area contributed by atoms with Crippen molar-refractivity contribution in [2.45, 2.75) is 13.3 Å². The Balaban J connectivity index is 2.08. The molecule has 5 heteroatoms. The van der Waals surface area contributed by atoms with Gasteiger partial charge >= 0.3 is 5.97 Å². The fourth-order valence-electron chi connectivity index (χ4n) is 1.80. The lowest BCUT2D eigenvalue weighted by atomic mass is 10.1. The molecule has 0 saturated heterocycles. The minimum Gasteiger partial charge on any atom is -0.478 e. The fraction of sp³-hybridized carbons (Fsp3) is 0.133. The Kier molecular flexibility index (Phi) is 4.10. The van der Waals surface area contributed by atoms with E-state index in [9.17, 15) is 9.59 Å². The van der Waals surface area contributed by atoms with Crippen molar-refractivity contribution < 1.29 is 14.7 Å². The van der Waals surface area contributed by atoms with Gasteiger partial charge in [0.1, 0.15) is 0 Å². The zero-order valence-corrected chi connectivity index (χ0v) is 11.0. The van der Waals surface area contributed by atoms with E-state index in [1.807, 2.05) is 6.07 Å². The molecule has 20 heavy (non-hydrogen) atoms. The summed E-state index contributed by atoms with van der Waals surface area (Å²) >= 11 is 0. The maximum absolute atomic E-state index is 11.8. The number of aromatic nitrogens is 1. The van der Waals surface area contributed by atoms with Crippen molar-refractivity contribution in [3.63, 3.8) is 0 Å². The van der Waals surface area contributed by atoms with Gasteiger partial charge in [0.25, 0.3) is 0 Å². The second kappa shape index (κ2) is 5.97. The summed E-state index contributed by atoms with van der Waals surface area (Å²) in [6.07, 6.45) is 1.77. The van der Waals surface area contributed by atoms with Gasteiger partial charge in [0.15, 0.2) is 0 Å². The van der Waals surface area contributed by atoms with Crippen molar-refractivity contribution in [1.29, 1.82) is 0 Å². The number of carbonyl (C=O) groups is 2. The molecule has 0 unspecified atom stereocenters. The topological polar surface area (TPSA) is 79.3 Å². The summed E-state index contributed by atoms with van der Waals surface area (Å²) in [6, 6.07) is 10.1. The molecule has 0 aliphatic carbocycles. The zero-order valence-electron chi connectivity index (χ0n) is 11.0. The van der Waals surface area contributed by atoms with E-state index in [0.717, 1.165) is 0 Å². The Morgan fingerprint density at radius 1 is 1.25 bits per heavy atom. The molecule has 0 radical (unpaired) electrons. The van der Waals surface area contributed by atoms with Crippen LogP contribution in [0.15, 0.2) is 42.6 Å². The molecule has 1 aromatic heterocycles. The molecule has 0 saturated carbocycles. The Morgan fingerprint density at radius 2 is 2.05 bits per heavy atom. The molecule has 0 aliphatic rings. The molecule has 2 N–H and O–H groups in total. The number of aryl methyl sites for hydroxylation is 1. The molecule has 102 valence electrons. The molecule has 0 atom stereocenters. The lowest BCUT2D eigenvalue weighted by Gasteiger charge is -2.07. The van der Waals surface area contributed by atoms with E-state index >= 15 is 0 Å². The monoisotopic (exact) mass is 270 g/mol. The number of hydrogen-bond acceptors (Lipinski definition) is 3. The number of carboxylic acids is 1. The third kappa shape index (κ3) is 3.41. The zero-order chi connectivity index (χ0) is 14.5. The molecule has 1 aromatic carbocycles. The molecule has 2 rings (SSSR count). The standard InChI is InChI=1S/C15H14N2O3/c1-10-5-6-12(8-13(10)15(19)20)17-14(18)9-11-4-2-3-7-16-11/h2-8H,9H2,1H3,(H,17,18)(H,19,20). The van der Waals surface area contributed by atoms with Crippen LogP contribution in [0.25, 0.3) is 0 Å². The summed E-state index contributed by atoms with van der Waals surface area (Å²) in [7, 11) is 0. The summed E-state index contributed by atoms with van der Waals surface area (Å²) in [5.74, 6) is -1.24. The molecule has 2 aromatic rings. The number of carbonyl (C=O) groups excluding carboxylic acids is 1. The lowest BCUT2D eigenvalue weighted by Crippen LogP contribution is -2.15. The van der Waals surface area contributed by atoms with Crippen LogP contribution in [0, 0.1) is 6.92 Å². The minimum absolute atomic E-state index is 0.150. The van der Waals surface area contributed by atoms with E-state index in [0.29, 0.717) is 16.9 Å². The van der Waals surface area contributed by atoms with Crippen LogP contribution in [0.1, 0.15) is 21.6 Å². The largest absolute Gasteiger partial charge is 0.478 e. The number of anilines is 1. The Morgan fingerprint density at radius 3 is 2.70 bits per heavy atom. The van der Waals surface area contributed by atoms with Crippen molar-refractivity contribution in [3.05, 3.63) is 59.4 Å². The smallest absolute Gasteiger partial charge is 0.336 e. The number of pyridine rings is 1. The molecule has 5 nitrogen and oxygen atoms in total. The molecule has 0 fully saturated rings. The van der Waals surface area contributed by atoms with Crippen molar-refractivity contribution in [2.75, 3.05) is 5.32 Å². The lowest BCUT2D eigenvalue weighted by molar-refractivity contribution is -0.115. The van der Waals surface area contributed by atoms with E-state index in [-0.39, 0.29) is 17.9 Å². The van der Waals surface area contributed by atoms with E-state index < -0.39 is 5.97 Å². The summed E-state index contributed by atoms with van der Waals surface area (Å²) in [6.45, 7) is 1.71. The van der Waals surface area contributed by atoms with Crippen LogP contribution in [-0.2, 0) is 11.2 Å². The molecule has 1 heterocycles. The first-order valence-electron chi connectivity index (χ1n) is 6.10. The number of rotatable bonds is 4. The van der Waals surface area contributed by atoms with Crippen molar-refractivity contribution >= 4 is 17.6 Å². The molecule has 1 amide bonds. The van der Waals surface area contributed by atoms with E-state index in [2.05, 4.69) is 10.3 Å². The summed E-state index contributed by atoms with van der Waals surface area (Å²) in [4.78, 5) is 26.9. The highest BCUT2D eigenvalue weighted by atomic mass is 16.4. The van der Waals surface area contributed by atoms with Gasteiger partial charge in [0.05, 0.1) is 12.0 Å². The maximum atomic E-state index is 11.8. The predicted molar refractivity (Wildman–Crippen MR) is 74.7 cm³/mol. The van der Waals surface area contributed by atoms with Crippen molar-refractivity contribution in [1.82, 2.24) is 4.98 Å². The van der Waals surface area contributed by atoms with Crippen LogP contribution >= 0.6 is 0 Å². The van der Waals surface area contributed by atoms with Crippen molar-refractivity contribution in [2.24, 2.45) is 0 Å². The van der Waals surface area contributed by atoms with Gasteiger partial charge in [-0.1, -0.05) is 12.1 Å². The first-order valence-corrected chi connectivity index (χ1v) is 6.10. The average Bonchev–Trinajstić information content (AvgIpc) is 2.41. The second-order valence-corrected chi connectivity index (χ2v) is 4.38. The number of carboxylic acid groups (broad SMARTS) is 1. The number of nitrogens with one attached hydrogen (secondary N) is 1. The third-order valence-corrected chi connectivity index (χ3v) is 2.82. The molecule has 0 aliphatic heterocycles. The molecular weight excluding hydrogens is 256 g/mol. The average molecular weight is 270 g/mol. The van der Waals surface area contributed by atoms with E-state index in [4.69, 9.17) is 5.11 Å². The van der Waals surface area contributed by atoms with Crippen LogP contribution in [0.4, 0.5) is 5.69 Å². The Bertz CT molecular complexity index is 639. The van der Waals surface area contributed by atoms with Gasteiger partial charge in [-0.15, -0.1) is 0 Å². The maximum Gasteiger partial charge on any atom is 0.336 e. The third-order valence-electron chi connectivity index (χ3n) is 2.82. The van der Waals surface area contributed by atoms with Gasteiger partial charge in [-0.2, -0.15) is 0 Å².